The van der Waals surface area contributed by atoms with Crippen LogP contribution in [0.4, 0.5) is 15.3 Å². The van der Waals surface area contributed by atoms with Gasteiger partial charge in [-0.25, -0.2) is 9.59 Å². The van der Waals surface area contributed by atoms with Crippen molar-refractivity contribution in [3.63, 3.8) is 0 Å². The molecular weight excluding hydrogens is 446 g/mol. The smallest absolute Gasteiger partial charge is 0.410 e. The molecule has 0 radical (unpaired) electrons. The van der Waals surface area contributed by atoms with Gasteiger partial charge in [0.25, 0.3) is 0 Å². The zero-order valence-corrected chi connectivity index (χ0v) is 20.9. The molecule has 3 rings (SSSR count). The summed E-state index contributed by atoms with van der Waals surface area (Å²) < 4.78 is 11.1. The van der Waals surface area contributed by atoms with E-state index in [0.29, 0.717) is 18.7 Å². The fourth-order valence-electron chi connectivity index (χ4n) is 4.03. The number of ether oxygens (including phenoxy) is 2. The van der Waals surface area contributed by atoms with Gasteiger partial charge in [0.1, 0.15) is 12.2 Å². The van der Waals surface area contributed by atoms with E-state index >= 15 is 0 Å². The predicted molar refractivity (Wildman–Crippen MR) is 134 cm³/mol. The topological polar surface area (TPSA) is 88.2 Å². The van der Waals surface area contributed by atoms with Crippen LogP contribution in [0.3, 0.4) is 0 Å². The van der Waals surface area contributed by atoms with Crippen LogP contribution in [0, 0.1) is 5.92 Å². The van der Waals surface area contributed by atoms with Crippen molar-refractivity contribution in [3.8, 4) is 0 Å². The standard InChI is InChI=1S/C27H35N3O5/c1-5-16-30(26(33)35-27(2,3)4)23-18-29(25(32)34-19-20-12-8-6-9-13-20)17-22(23)24(31)28-21-14-10-7-11-15-21/h6-15,22-23H,5,16-19H2,1-4H3,(H,28,31)/t22-,23-/m0/s1. The largest absolute Gasteiger partial charge is 0.445 e. The first-order valence-corrected chi connectivity index (χ1v) is 12.0. The molecule has 0 spiro atoms. The summed E-state index contributed by atoms with van der Waals surface area (Å²) in [4.78, 5) is 42.4. The van der Waals surface area contributed by atoms with Gasteiger partial charge in [-0.3, -0.25) is 4.79 Å². The zero-order chi connectivity index (χ0) is 25.4. The van der Waals surface area contributed by atoms with E-state index in [4.69, 9.17) is 9.47 Å². The molecule has 188 valence electrons. The molecule has 1 aliphatic rings. The molecule has 1 N–H and O–H groups in total. The van der Waals surface area contributed by atoms with E-state index in [-0.39, 0.29) is 25.6 Å². The van der Waals surface area contributed by atoms with Crippen molar-refractivity contribution in [2.45, 2.75) is 52.4 Å². The minimum Gasteiger partial charge on any atom is -0.445 e. The van der Waals surface area contributed by atoms with Crippen LogP contribution in [0.2, 0.25) is 0 Å². The van der Waals surface area contributed by atoms with E-state index in [1.54, 1.807) is 37.8 Å². The maximum absolute atomic E-state index is 13.3. The normalized spacial score (nSPS) is 17.5. The molecule has 3 amide bonds. The molecular formula is C27H35N3O5. The fourth-order valence-corrected chi connectivity index (χ4v) is 4.03. The second-order valence-corrected chi connectivity index (χ2v) is 9.65. The molecule has 1 fully saturated rings. The molecule has 0 unspecified atom stereocenters. The minimum atomic E-state index is -0.683. The highest BCUT2D eigenvalue weighted by Gasteiger charge is 2.45. The van der Waals surface area contributed by atoms with Gasteiger partial charge in [0.05, 0.1) is 12.0 Å². The first kappa shape index (κ1) is 26.1. The van der Waals surface area contributed by atoms with Gasteiger partial charge in [-0.15, -0.1) is 0 Å². The average Bonchev–Trinajstić information content (AvgIpc) is 3.26. The molecule has 0 aromatic heterocycles. The van der Waals surface area contributed by atoms with Crippen molar-refractivity contribution in [2.24, 2.45) is 5.92 Å². The lowest BCUT2D eigenvalue weighted by atomic mass is 10.0. The Balaban J connectivity index is 1.79. The fraction of sp³-hybridized carbons (Fsp3) is 0.444. The average molecular weight is 482 g/mol. The molecule has 8 nitrogen and oxygen atoms in total. The number of nitrogens with one attached hydrogen (secondary N) is 1. The van der Waals surface area contributed by atoms with Crippen molar-refractivity contribution in [1.82, 2.24) is 9.80 Å². The van der Waals surface area contributed by atoms with Gasteiger partial charge in [-0.05, 0) is 44.9 Å². The maximum atomic E-state index is 13.3. The Kier molecular flexibility index (Phi) is 8.73. The van der Waals surface area contributed by atoms with Crippen molar-refractivity contribution < 1.29 is 23.9 Å². The lowest BCUT2D eigenvalue weighted by Gasteiger charge is -2.33. The lowest BCUT2D eigenvalue weighted by molar-refractivity contribution is -0.120. The Bertz CT molecular complexity index is 991. The van der Waals surface area contributed by atoms with Crippen molar-refractivity contribution in [2.75, 3.05) is 25.0 Å². The number of likely N-dealkylation sites (tertiary alicyclic amines) is 1. The summed E-state index contributed by atoms with van der Waals surface area (Å²) in [6.07, 6.45) is -0.336. The van der Waals surface area contributed by atoms with Gasteiger partial charge in [0.2, 0.25) is 5.91 Å². The number of benzene rings is 2. The predicted octanol–water partition coefficient (Wildman–Crippen LogP) is 4.91. The van der Waals surface area contributed by atoms with Gasteiger partial charge in [0, 0.05) is 25.3 Å². The summed E-state index contributed by atoms with van der Waals surface area (Å²) in [5, 5.41) is 2.92. The highest BCUT2D eigenvalue weighted by molar-refractivity contribution is 5.94. The molecule has 1 heterocycles. The number of nitrogens with zero attached hydrogens (tertiary/aromatic N) is 2. The van der Waals surface area contributed by atoms with Crippen LogP contribution in [-0.2, 0) is 20.9 Å². The second-order valence-electron chi connectivity index (χ2n) is 9.65. The zero-order valence-electron chi connectivity index (χ0n) is 20.9. The number of carbonyl (C=O) groups excluding carboxylic acids is 3. The quantitative estimate of drug-likeness (QED) is 0.607. The van der Waals surface area contributed by atoms with Crippen LogP contribution in [0.5, 0.6) is 0 Å². The van der Waals surface area contributed by atoms with E-state index in [0.717, 1.165) is 5.56 Å². The van der Waals surface area contributed by atoms with Gasteiger partial charge < -0.3 is 24.6 Å². The Hall–Kier alpha value is -3.55. The number of hydrogen-bond donors (Lipinski definition) is 1. The molecule has 1 aliphatic heterocycles. The van der Waals surface area contributed by atoms with E-state index in [1.165, 1.54) is 4.90 Å². The summed E-state index contributed by atoms with van der Waals surface area (Å²) in [5.74, 6) is -0.900. The Labute approximate surface area is 207 Å². The molecule has 2 atom stereocenters. The molecule has 0 aliphatic carbocycles. The van der Waals surface area contributed by atoms with Crippen molar-refractivity contribution >= 4 is 23.8 Å². The highest BCUT2D eigenvalue weighted by Crippen LogP contribution is 2.27. The molecule has 0 bridgehead atoms. The van der Waals surface area contributed by atoms with E-state index in [2.05, 4.69) is 5.32 Å². The Morgan fingerprint density at radius 1 is 1.00 bits per heavy atom. The molecule has 1 saturated heterocycles. The van der Waals surface area contributed by atoms with Gasteiger partial charge in [-0.1, -0.05) is 55.5 Å². The number of hydrogen-bond acceptors (Lipinski definition) is 5. The number of anilines is 1. The van der Waals surface area contributed by atoms with Crippen LogP contribution in [0.1, 0.15) is 39.7 Å². The van der Waals surface area contributed by atoms with E-state index in [9.17, 15) is 14.4 Å². The van der Waals surface area contributed by atoms with E-state index < -0.39 is 29.7 Å². The summed E-state index contributed by atoms with van der Waals surface area (Å²) in [5.41, 5.74) is 0.842. The molecule has 8 heteroatoms. The van der Waals surface area contributed by atoms with Crippen LogP contribution in [0.15, 0.2) is 60.7 Å². The van der Waals surface area contributed by atoms with Gasteiger partial charge >= 0.3 is 12.2 Å². The monoisotopic (exact) mass is 481 g/mol. The first-order valence-electron chi connectivity index (χ1n) is 12.0. The third-order valence-electron chi connectivity index (χ3n) is 5.62. The summed E-state index contributed by atoms with van der Waals surface area (Å²) in [6, 6.07) is 18.0. The van der Waals surface area contributed by atoms with Crippen LogP contribution < -0.4 is 5.32 Å². The van der Waals surface area contributed by atoms with Crippen LogP contribution in [-0.4, -0.2) is 59.2 Å². The molecule has 35 heavy (non-hydrogen) atoms. The van der Waals surface area contributed by atoms with Gasteiger partial charge in [0.15, 0.2) is 0 Å². The van der Waals surface area contributed by atoms with Crippen molar-refractivity contribution in [3.05, 3.63) is 66.2 Å². The lowest BCUT2D eigenvalue weighted by Crippen LogP contribution is -2.49. The number of carbonyl (C=O) groups is 3. The minimum absolute atomic E-state index is 0.131. The number of amides is 3. The maximum Gasteiger partial charge on any atom is 0.410 e. The number of para-hydroxylation sites is 1. The number of rotatable bonds is 7. The molecule has 2 aromatic carbocycles. The van der Waals surface area contributed by atoms with E-state index in [1.807, 2.05) is 55.5 Å². The summed E-state index contributed by atoms with van der Waals surface area (Å²) >= 11 is 0. The molecule has 0 saturated carbocycles. The van der Waals surface area contributed by atoms with Gasteiger partial charge in [-0.2, -0.15) is 0 Å². The Morgan fingerprint density at radius 3 is 2.23 bits per heavy atom. The SMILES string of the molecule is CCCN(C(=O)OC(C)(C)C)[C@H]1CN(C(=O)OCc2ccccc2)C[C@@H]1C(=O)Nc1ccccc1. The van der Waals surface area contributed by atoms with Crippen molar-refractivity contribution in [1.29, 1.82) is 0 Å². The first-order chi connectivity index (χ1) is 16.7. The highest BCUT2D eigenvalue weighted by atomic mass is 16.6. The Morgan fingerprint density at radius 2 is 1.63 bits per heavy atom. The summed E-state index contributed by atoms with van der Waals surface area (Å²) in [7, 11) is 0. The molecule has 2 aromatic rings. The summed E-state index contributed by atoms with van der Waals surface area (Å²) in [6.45, 7) is 8.22. The van der Waals surface area contributed by atoms with Crippen LogP contribution in [0.25, 0.3) is 0 Å². The third-order valence-corrected chi connectivity index (χ3v) is 5.62. The second kappa shape index (κ2) is 11.7. The van der Waals surface area contributed by atoms with Crippen LogP contribution >= 0.6 is 0 Å². The third kappa shape index (κ3) is 7.47.